The van der Waals surface area contributed by atoms with Gasteiger partial charge in [0.1, 0.15) is 0 Å². The van der Waals surface area contributed by atoms with Gasteiger partial charge in [0.15, 0.2) is 0 Å². The Morgan fingerprint density at radius 1 is 1.33 bits per heavy atom. The summed E-state index contributed by atoms with van der Waals surface area (Å²) >= 11 is 0. The van der Waals surface area contributed by atoms with E-state index in [1.807, 2.05) is 32.6 Å². The van der Waals surface area contributed by atoms with Crippen molar-refractivity contribution in [2.24, 2.45) is 5.92 Å². The Morgan fingerprint density at radius 2 is 1.89 bits per heavy atom. The maximum Gasteiger partial charge on any atom is 0.307 e. The second kappa shape index (κ2) is 7.36. The van der Waals surface area contributed by atoms with E-state index >= 15 is 0 Å². The van der Waals surface area contributed by atoms with Gasteiger partial charge in [-0.2, -0.15) is 0 Å². The summed E-state index contributed by atoms with van der Waals surface area (Å²) in [6.45, 7) is 10.8. The second-order valence-electron chi connectivity index (χ2n) is 5.35. The van der Waals surface area contributed by atoms with Gasteiger partial charge in [0.2, 0.25) is 5.91 Å². The van der Waals surface area contributed by atoms with Gasteiger partial charge in [-0.25, -0.2) is 0 Å². The molecule has 0 aliphatic rings. The van der Waals surface area contributed by atoms with E-state index < -0.39 is 11.9 Å². The molecule has 0 aliphatic carbocycles. The van der Waals surface area contributed by atoms with Crippen molar-refractivity contribution in [3.8, 4) is 0 Å². The molecule has 0 aromatic rings. The van der Waals surface area contributed by atoms with E-state index in [1.54, 1.807) is 6.92 Å². The monoisotopic (exact) mass is 258 g/mol. The summed E-state index contributed by atoms with van der Waals surface area (Å²) in [5, 5.41) is 11.8. The molecule has 1 atom stereocenters. The van der Waals surface area contributed by atoms with Crippen molar-refractivity contribution in [2.45, 2.75) is 46.6 Å². The molecule has 0 aromatic carbocycles. The smallest absolute Gasteiger partial charge is 0.307 e. The van der Waals surface area contributed by atoms with Crippen LogP contribution in [-0.2, 0) is 9.59 Å². The number of hydrogen-bond donors (Lipinski definition) is 2. The van der Waals surface area contributed by atoms with Crippen molar-refractivity contribution in [3.63, 3.8) is 0 Å². The zero-order valence-corrected chi connectivity index (χ0v) is 12.1. The molecule has 18 heavy (non-hydrogen) atoms. The minimum atomic E-state index is -0.831. The van der Waals surface area contributed by atoms with E-state index in [9.17, 15) is 9.59 Å². The highest BCUT2D eigenvalue weighted by Crippen LogP contribution is 2.07. The van der Waals surface area contributed by atoms with Gasteiger partial charge in [-0.3, -0.25) is 14.5 Å². The molecule has 0 saturated heterocycles. The molecule has 0 aliphatic heterocycles. The molecular weight excluding hydrogens is 232 g/mol. The number of nitrogens with one attached hydrogen (secondary N) is 1. The molecule has 1 unspecified atom stereocenters. The molecule has 5 nitrogen and oxygen atoms in total. The topological polar surface area (TPSA) is 69.6 Å². The van der Waals surface area contributed by atoms with Crippen molar-refractivity contribution >= 4 is 11.9 Å². The van der Waals surface area contributed by atoms with Crippen molar-refractivity contribution in [1.82, 2.24) is 10.2 Å². The predicted octanol–water partition coefficient (Wildman–Crippen LogP) is 1.33. The first kappa shape index (κ1) is 16.9. The van der Waals surface area contributed by atoms with Gasteiger partial charge < -0.3 is 10.4 Å². The Kier molecular flexibility index (Phi) is 6.91. The fraction of sp³-hybridized carbons (Fsp3) is 0.846. The molecule has 0 aromatic heterocycles. The molecule has 1 amide bonds. The number of hydrogen-bond acceptors (Lipinski definition) is 3. The maximum atomic E-state index is 11.8. The fourth-order valence-corrected chi connectivity index (χ4v) is 1.48. The van der Waals surface area contributed by atoms with Crippen LogP contribution in [0.4, 0.5) is 0 Å². The van der Waals surface area contributed by atoms with E-state index in [-0.39, 0.29) is 18.0 Å². The normalized spacial score (nSPS) is 13.4. The summed E-state index contributed by atoms with van der Waals surface area (Å²) in [5.74, 6) is -1.35. The zero-order valence-electron chi connectivity index (χ0n) is 12.1. The van der Waals surface area contributed by atoms with Crippen LogP contribution in [0.2, 0.25) is 0 Å². The number of carboxylic acid groups (broad SMARTS) is 1. The number of likely N-dealkylation sites (N-methyl/N-ethyl adjacent to an activating group) is 1. The van der Waals surface area contributed by atoms with Gasteiger partial charge in [0, 0.05) is 12.1 Å². The Bertz CT molecular complexity index is 290. The van der Waals surface area contributed by atoms with E-state index in [0.29, 0.717) is 13.1 Å². The van der Waals surface area contributed by atoms with Gasteiger partial charge in [0.25, 0.3) is 0 Å². The highest BCUT2D eigenvalue weighted by molar-refractivity contribution is 5.79. The van der Waals surface area contributed by atoms with Crippen LogP contribution in [0, 0.1) is 5.92 Å². The van der Waals surface area contributed by atoms with Gasteiger partial charge in [-0.1, -0.05) is 20.8 Å². The van der Waals surface area contributed by atoms with Gasteiger partial charge in [-0.15, -0.1) is 0 Å². The Hall–Kier alpha value is -1.10. The van der Waals surface area contributed by atoms with E-state index in [2.05, 4.69) is 5.32 Å². The lowest BCUT2D eigenvalue weighted by Crippen LogP contribution is -2.48. The summed E-state index contributed by atoms with van der Waals surface area (Å²) in [4.78, 5) is 24.5. The van der Waals surface area contributed by atoms with Crippen molar-refractivity contribution in [1.29, 1.82) is 0 Å². The summed E-state index contributed by atoms with van der Waals surface area (Å²) in [6, 6.07) is 0. The molecule has 2 N–H and O–H groups in total. The van der Waals surface area contributed by atoms with Crippen molar-refractivity contribution in [3.05, 3.63) is 0 Å². The highest BCUT2D eigenvalue weighted by atomic mass is 16.4. The van der Waals surface area contributed by atoms with Crippen LogP contribution in [0.5, 0.6) is 0 Å². The number of aliphatic carboxylic acids is 1. The Morgan fingerprint density at radius 3 is 2.28 bits per heavy atom. The molecule has 0 bridgehead atoms. The highest BCUT2D eigenvalue weighted by Gasteiger charge is 2.21. The third-order valence-electron chi connectivity index (χ3n) is 3.13. The molecule has 106 valence electrons. The van der Waals surface area contributed by atoms with E-state index in [4.69, 9.17) is 5.11 Å². The van der Waals surface area contributed by atoms with Crippen molar-refractivity contribution in [2.75, 3.05) is 19.6 Å². The zero-order chi connectivity index (χ0) is 14.3. The standard InChI is InChI=1S/C13H26N2O3/c1-6-13(4,5)14-11(16)9-15(7-2)8-10(3)12(17)18/h10H,6-9H2,1-5H3,(H,14,16)(H,17,18). The van der Waals surface area contributed by atoms with E-state index in [1.165, 1.54) is 0 Å². The van der Waals surface area contributed by atoms with Gasteiger partial charge in [0.05, 0.1) is 12.5 Å². The fourth-order valence-electron chi connectivity index (χ4n) is 1.48. The van der Waals surface area contributed by atoms with Crippen LogP contribution in [0.3, 0.4) is 0 Å². The molecule has 0 fully saturated rings. The number of carboxylic acids is 1. The molecule has 0 heterocycles. The molecular formula is C13H26N2O3. The minimum Gasteiger partial charge on any atom is -0.481 e. The third-order valence-corrected chi connectivity index (χ3v) is 3.13. The SMILES string of the molecule is CCN(CC(=O)NC(C)(C)CC)CC(C)C(=O)O. The first-order chi connectivity index (χ1) is 8.21. The van der Waals surface area contributed by atoms with Crippen LogP contribution in [0.15, 0.2) is 0 Å². The largest absolute Gasteiger partial charge is 0.481 e. The first-order valence-electron chi connectivity index (χ1n) is 6.48. The number of nitrogens with zero attached hydrogens (tertiary/aromatic N) is 1. The minimum absolute atomic E-state index is 0.0544. The average Bonchev–Trinajstić information content (AvgIpc) is 2.27. The van der Waals surface area contributed by atoms with Crippen LogP contribution < -0.4 is 5.32 Å². The van der Waals surface area contributed by atoms with Gasteiger partial charge >= 0.3 is 5.97 Å². The average molecular weight is 258 g/mol. The number of rotatable bonds is 8. The lowest BCUT2D eigenvalue weighted by Gasteiger charge is -2.27. The van der Waals surface area contributed by atoms with Gasteiger partial charge in [-0.05, 0) is 26.8 Å². The van der Waals surface area contributed by atoms with Crippen LogP contribution in [-0.4, -0.2) is 47.1 Å². The first-order valence-corrected chi connectivity index (χ1v) is 6.48. The summed E-state index contributed by atoms with van der Waals surface area (Å²) < 4.78 is 0. The Labute approximate surface area is 110 Å². The predicted molar refractivity (Wildman–Crippen MR) is 71.4 cm³/mol. The lowest BCUT2D eigenvalue weighted by molar-refractivity contribution is -0.142. The molecule has 0 spiro atoms. The van der Waals surface area contributed by atoms with E-state index in [0.717, 1.165) is 6.42 Å². The summed E-state index contributed by atoms with van der Waals surface area (Å²) in [7, 11) is 0. The van der Waals surface area contributed by atoms with Crippen molar-refractivity contribution < 1.29 is 14.7 Å². The lowest BCUT2D eigenvalue weighted by atomic mass is 10.0. The summed E-state index contributed by atoms with van der Waals surface area (Å²) in [5.41, 5.74) is -0.213. The second-order valence-corrected chi connectivity index (χ2v) is 5.35. The maximum absolute atomic E-state index is 11.8. The van der Waals surface area contributed by atoms with Crippen LogP contribution in [0.1, 0.15) is 41.0 Å². The number of carbonyl (C=O) groups excluding carboxylic acids is 1. The molecule has 0 radical (unpaired) electrons. The Balaban J connectivity index is 4.29. The molecule has 5 heteroatoms. The molecule has 0 rings (SSSR count). The quantitative estimate of drug-likeness (QED) is 0.689. The number of amides is 1. The van der Waals surface area contributed by atoms with Crippen LogP contribution >= 0.6 is 0 Å². The third kappa shape index (κ3) is 6.59. The number of carbonyl (C=O) groups is 2. The molecule has 0 saturated carbocycles. The summed E-state index contributed by atoms with van der Waals surface area (Å²) in [6.07, 6.45) is 0.858. The van der Waals surface area contributed by atoms with Crippen LogP contribution in [0.25, 0.3) is 0 Å².